The van der Waals surface area contributed by atoms with Gasteiger partial charge in [0, 0.05) is 11.6 Å². The second kappa shape index (κ2) is 3.48. The van der Waals surface area contributed by atoms with Gasteiger partial charge in [0.25, 0.3) is 0 Å². The number of nitrogens with zero attached hydrogens (tertiary/aromatic N) is 1. The highest BCUT2D eigenvalue weighted by Crippen LogP contribution is 2.21. The van der Waals surface area contributed by atoms with Crippen molar-refractivity contribution in [1.29, 1.82) is 0 Å². The molecule has 0 unspecified atom stereocenters. The summed E-state index contributed by atoms with van der Waals surface area (Å²) in [4.78, 5) is 15.5. The summed E-state index contributed by atoms with van der Waals surface area (Å²) in [5.41, 5.74) is 0.0550. The first-order valence-electron chi connectivity index (χ1n) is 4.49. The van der Waals surface area contributed by atoms with Crippen molar-refractivity contribution in [2.24, 2.45) is 5.41 Å². The molecule has 0 aliphatic heterocycles. The van der Waals surface area contributed by atoms with Crippen LogP contribution in [-0.2, 0) is 0 Å². The fourth-order valence-electron chi connectivity index (χ4n) is 1.06. The number of carbonyl (C=O) groups is 1. The van der Waals surface area contributed by atoms with Gasteiger partial charge in [-0.15, -0.1) is 0 Å². The summed E-state index contributed by atoms with van der Waals surface area (Å²) in [6, 6.07) is 1.33. The minimum absolute atomic E-state index is 0.0666. The third-order valence-corrected chi connectivity index (χ3v) is 1.87. The number of rotatable bonds is 1. The molecule has 0 aromatic carbocycles. The van der Waals surface area contributed by atoms with Crippen LogP contribution in [0.4, 0.5) is 4.39 Å². The van der Waals surface area contributed by atoms with Crippen LogP contribution in [0, 0.1) is 18.2 Å². The minimum Gasteiger partial charge on any atom is -0.292 e. The van der Waals surface area contributed by atoms with Gasteiger partial charge >= 0.3 is 0 Å². The predicted octanol–water partition coefficient (Wildman–Crippen LogP) is 2.76. The number of Topliss-reactive ketones (excluding diaryl/α,β-unsaturated/α-hetero) is 1. The van der Waals surface area contributed by atoms with Crippen LogP contribution in [0.25, 0.3) is 0 Å². The summed E-state index contributed by atoms with van der Waals surface area (Å²) >= 11 is 0. The van der Waals surface area contributed by atoms with E-state index in [1.165, 1.54) is 12.3 Å². The van der Waals surface area contributed by atoms with Crippen LogP contribution < -0.4 is 0 Å². The number of hydrogen-bond acceptors (Lipinski definition) is 2. The lowest BCUT2D eigenvalue weighted by molar-refractivity contribution is 0.0848. The zero-order valence-electron chi connectivity index (χ0n) is 8.89. The van der Waals surface area contributed by atoms with Crippen LogP contribution in [0.2, 0.25) is 0 Å². The number of aromatic nitrogens is 1. The molecule has 0 spiro atoms. The summed E-state index contributed by atoms with van der Waals surface area (Å²) in [5.74, 6) is -0.806. The van der Waals surface area contributed by atoms with E-state index in [9.17, 15) is 9.18 Å². The summed E-state index contributed by atoms with van der Waals surface area (Å²) in [5, 5.41) is 0. The maximum absolute atomic E-state index is 13.3. The molecule has 1 heterocycles. The Morgan fingerprint density at radius 3 is 2.43 bits per heavy atom. The summed E-state index contributed by atoms with van der Waals surface area (Å²) in [6.07, 6.45) is 1.50. The van der Waals surface area contributed by atoms with E-state index >= 15 is 0 Å². The van der Waals surface area contributed by atoms with Gasteiger partial charge in [-0.3, -0.25) is 4.79 Å². The van der Waals surface area contributed by atoms with Crippen LogP contribution >= 0.6 is 0 Å². The standard InChI is InChI=1S/C11H14FNO/c1-7-5-8(12)9(13-6-7)10(14)11(2,3)4/h5-6H,1-4H3. The van der Waals surface area contributed by atoms with Gasteiger partial charge in [-0.25, -0.2) is 9.37 Å². The third kappa shape index (κ3) is 2.16. The quantitative estimate of drug-likeness (QED) is 0.645. The Kier molecular flexibility index (Phi) is 2.69. The largest absolute Gasteiger partial charge is 0.292 e. The lowest BCUT2D eigenvalue weighted by Gasteiger charge is -2.16. The lowest BCUT2D eigenvalue weighted by atomic mass is 9.88. The van der Waals surface area contributed by atoms with Crippen LogP contribution in [0.3, 0.4) is 0 Å². The molecule has 14 heavy (non-hydrogen) atoms. The Labute approximate surface area is 83.2 Å². The number of halogens is 1. The zero-order chi connectivity index (χ0) is 10.9. The average Bonchev–Trinajstić information content (AvgIpc) is 2.01. The van der Waals surface area contributed by atoms with Crippen molar-refractivity contribution in [1.82, 2.24) is 4.98 Å². The molecule has 0 aliphatic carbocycles. The highest BCUT2D eigenvalue weighted by molar-refractivity contribution is 5.98. The van der Waals surface area contributed by atoms with Gasteiger partial charge in [-0.1, -0.05) is 20.8 Å². The smallest absolute Gasteiger partial charge is 0.189 e. The first-order chi connectivity index (χ1) is 6.32. The molecule has 2 nitrogen and oxygen atoms in total. The van der Waals surface area contributed by atoms with Crippen LogP contribution in [0.15, 0.2) is 12.3 Å². The number of hydrogen-bond donors (Lipinski definition) is 0. The van der Waals surface area contributed by atoms with Crippen LogP contribution in [-0.4, -0.2) is 10.8 Å². The van der Waals surface area contributed by atoms with E-state index in [4.69, 9.17) is 0 Å². The van der Waals surface area contributed by atoms with Gasteiger partial charge in [-0.05, 0) is 18.6 Å². The topological polar surface area (TPSA) is 30.0 Å². The molecule has 0 saturated heterocycles. The summed E-state index contributed by atoms with van der Waals surface area (Å²) in [6.45, 7) is 6.98. The molecule has 0 aliphatic rings. The van der Waals surface area contributed by atoms with Gasteiger partial charge in [0.2, 0.25) is 0 Å². The Balaban J connectivity index is 3.15. The zero-order valence-corrected chi connectivity index (χ0v) is 8.89. The van der Waals surface area contributed by atoms with Gasteiger partial charge < -0.3 is 0 Å². The highest BCUT2D eigenvalue weighted by Gasteiger charge is 2.26. The molecule has 3 heteroatoms. The maximum Gasteiger partial charge on any atom is 0.189 e. The van der Waals surface area contributed by atoms with Crippen molar-refractivity contribution >= 4 is 5.78 Å². The molecule has 0 N–H and O–H groups in total. The van der Waals surface area contributed by atoms with Crippen molar-refractivity contribution < 1.29 is 9.18 Å². The van der Waals surface area contributed by atoms with E-state index < -0.39 is 11.2 Å². The summed E-state index contributed by atoms with van der Waals surface area (Å²) in [7, 11) is 0. The molecule has 0 saturated carbocycles. The number of ketones is 1. The highest BCUT2D eigenvalue weighted by atomic mass is 19.1. The molecular formula is C11H14FNO. The Morgan fingerprint density at radius 2 is 2.00 bits per heavy atom. The minimum atomic E-state index is -0.594. The van der Waals surface area contributed by atoms with Crippen molar-refractivity contribution in [2.45, 2.75) is 27.7 Å². The predicted molar refractivity (Wildman–Crippen MR) is 52.7 cm³/mol. The molecule has 0 amide bonds. The van der Waals surface area contributed by atoms with Crippen molar-refractivity contribution in [3.63, 3.8) is 0 Å². The molecule has 0 radical (unpaired) electrons. The normalized spacial score (nSPS) is 11.5. The molecule has 0 fully saturated rings. The second-order valence-corrected chi connectivity index (χ2v) is 4.42. The van der Waals surface area contributed by atoms with Gasteiger partial charge in [0.1, 0.15) is 5.69 Å². The first kappa shape index (κ1) is 10.8. The Morgan fingerprint density at radius 1 is 1.43 bits per heavy atom. The van der Waals surface area contributed by atoms with Gasteiger partial charge in [0.05, 0.1) is 0 Å². The SMILES string of the molecule is Cc1cnc(C(=O)C(C)(C)C)c(F)c1. The first-order valence-corrected chi connectivity index (χ1v) is 4.49. The second-order valence-electron chi connectivity index (χ2n) is 4.42. The van der Waals surface area contributed by atoms with Crippen LogP contribution in [0.1, 0.15) is 36.8 Å². The van der Waals surface area contributed by atoms with Crippen molar-refractivity contribution in [2.75, 3.05) is 0 Å². The molecule has 1 aromatic heterocycles. The van der Waals surface area contributed by atoms with E-state index in [1.807, 2.05) is 0 Å². The van der Waals surface area contributed by atoms with Crippen molar-refractivity contribution in [3.05, 3.63) is 29.3 Å². The third-order valence-electron chi connectivity index (χ3n) is 1.87. The number of pyridine rings is 1. The van der Waals surface area contributed by atoms with E-state index in [1.54, 1.807) is 27.7 Å². The molecular weight excluding hydrogens is 181 g/mol. The van der Waals surface area contributed by atoms with Crippen LogP contribution in [0.5, 0.6) is 0 Å². The maximum atomic E-state index is 13.3. The molecule has 0 bridgehead atoms. The molecule has 76 valence electrons. The Bertz CT molecular complexity index is 366. The Hall–Kier alpha value is -1.25. The number of aryl methyl sites for hydroxylation is 1. The fraction of sp³-hybridized carbons (Fsp3) is 0.455. The monoisotopic (exact) mass is 195 g/mol. The average molecular weight is 195 g/mol. The molecule has 1 rings (SSSR count). The fourth-order valence-corrected chi connectivity index (χ4v) is 1.06. The summed E-state index contributed by atoms with van der Waals surface area (Å²) < 4.78 is 13.3. The van der Waals surface area contributed by atoms with Gasteiger partial charge in [0.15, 0.2) is 11.6 Å². The van der Waals surface area contributed by atoms with E-state index in [-0.39, 0.29) is 11.5 Å². The molecule has 1 aromatic rings. The van der Waals surface area contributed by atoms with Gasteiger partial charge in [-0.2, -0.15) is 0 Å². The van der Waals surface area contributed by atoms with E-state index in [2.05, 4.69) is 4.98 Å². The van der Waals surface area contributed by atoms with Crippen molar-refractivity contribution in [3.8, 4) is 0 Å². The lowest BCUT2D eigenvalue weighted by Crippen LogP contribution is -2.22. The van der Waals surface area contributed by atoms with E-state index in [0.29, 0.717) is 5.56 Å². The number of carbonyl (C=O) groups excluding carboxylic acids is 1. The van der Waals surface area contributed by atoms with E-state index in [0.717, 1.165) is 0 Å². The molecule has 0 atom stereocenters.